The number of methoxy groups -OCH3 is 1. The van der Waals surface area contributed by atoms with Crippen LogP contribution in [0, 0.1) is 0 Å². The maximum Gasteiger partial charge on any atom is 0.339 e. The van der Waals surface area contributed by atoms with E-state index in [1.54, 1.807) is 13.8 Å². The minimum atomic E-state index is -0.499. The number of carbonyl (C=O) groups excluding carboxylic acids is 2. The normalized spacial score (nSPS) is 12.6. The molecule has 0 heterocycles. The molecule has 0 saturated carbocycles. The summed E-state index contributed by atoms with van der Waals surface area (Å²) in [6, 6.07) is 0. The van der Waals surface area contributed by atoms with Gasteiger partial charge < -0.3 is 9.47 Å². The summed E-state index contributed by atoms with van der Waals surface area (Å²) in [6.07, 6.45) is 13.1. The van der Waals surface area contributed by atoms with E-state index < -0.39 is 11.9 Å². The number of ether oxygens (including phenoxy) is 2. The van der Waals surface area contributed by atoms with Crippen LogP contribution < -0.4 is 0 Å². The molecule has 0 N–H and O–H groups in total. The van der Waals surface area contributed by atoms with Gasteiger partial charge >= 0.3 is 11.9 Å². The van der Waals surface area contributed by atoms with E-state index in [-0.39, 0.29) is 5.76 Å². The number of hydrogen-bond donors (Lipinski definition) is 1. The van der Waals surface area contributed by atoms with Gasteiger partial charge in [0.25, 0.3) is 0 Å². The Labute approximate surface area is 164 Å². The quantitative estimate of drug-likeness (QED) is 0.129. The van der Waals surface area contributed by atoms with Gasteiger partial charge in [-0.3, -0.25) is 0 Å². The summed E-state index contributed by atoms with van der Waals surface area (Å²) in [4.78, 5) is 23.6. The number of unbranched alkanes of at least 4 members (excludes halogenated alkanes) is 9. The average Bonchev–Trinajstić information content (AvgIpc) is 2.64. The fourth-order valence-electron chi connectivity index (χ4n) is 2.60. The second-order valence-electron chi connectivity index (χ2n) is 6.65. The predicted molar refractivity (Wildman–Crippen MR) is 110 cm³/mol. The van der Waals surface area contributed by atoms with Crippen molar-refractivity contribution in [1.29, 1.82) is 0 Å². The molecule has 0 bridgehead atoms. The van der Waals surface area contributed by atoms with E-state index in [1.165, 1.54) is 63.9 Å². The monoisotopic (exact) mass is 384 g/mol. The first-order valence-corrected chi connectivity index (χ1v) is 10.3. The lowest BCUT2D eigenvalue weighted by molar-refractivity contribution is -0.137. The Morgan fingerprint density at radius 2 is 1.35 bits per heavy atom. The van der Waals surface area contributed by atoms with E-state index in [2.05, 4.69) is 24.3 Å². The van der Waals surface area contributed by atoms with Crippen LogP contribution in [0.3, 0.4) is 0 Å². The zero-order valence-corrected chi connectivity index (χ0v) is 17.8. The summed E-state index contributed by atoms with van der Waals surface area (Å²) in [6.45, 7) is 5.39. The van der Waals surface area contributed by atoms with Crippen LogP contribution in [0.1, 0.15) is 91.4 Å². The summed E-state index contributed by atoms with van der Waals surface area (Å²) in [5.41, 5.74) is 0.822. The van der Waals surface area contributed by atoms with Crippen molar-refractivity contribution in [2.24, 2.45) is 0 Å². The first-order valence-electron chi connectivity index (χ1n) is 9.79. The number of thiol groups is 1. The molecule has 0 saturated heterocycles. The molecule has 26 heavy (non-hydrogen) atoms. The highest BCUT2D eigenvalue weighted by atomic mass is 32.1. The van der Waals surface area contributed by atoms with Crippen LogP contribution >= 0.6 is 12.6 Å². The largest absolute Gasteiger partial charge is 0.466 e. The number of carbonyl (C=O) groups is 2. The van der Waals surface area contributed by atoms with E-state index in [0.29, 0.717) is 17.6 Å². The summed E-state index contributed by atoms with van der Waals surface area (Å²) >= 11 is 4.12. The minimum Gasteiger partial charge on any atom is -0.466 e. The molecule has 0 aliphatic heterocycles. The second-order valence-corrected chi connectivity index (χ2v) is 6.91. The van der Waals surface area contributed by atoms with Crippen LogP contribution in [0.4, 0.5) is 0 Å². The molecule has 150 valence electrons. The highest BCUT2D eigenvalue weighted by Gasteiger charge is 2.15. The van der Waals surface area contributed by atoms with Gasteiger partial charge in [-0.2, -0.15) is 12.6 Å². The molecule has 0 radical (unpaired) electrons. The van der Waals surface area contributed by atoms with Crippen molar-refractivity contribution in [3.8, 4) is 0 Å². The molecule has 0 fully saturated rings. The van der Waals surface area contributed by atoms with Crippen LogP contribution in [0.25, 0.3) is 0 Å². The van der Waals surface area contributed by atoms with Gasteiger partial charge in [0.1, 0.15) is 5.76 Å². The van der Waals surface area contributed by atoms with Crippen molar-refractivity contribution in [2.75, 3.05) is 7.11 Å². The molecule has 0 atom stereocenters. The topological polar surface area (TPSA) is 52.6 Å². The molecule has 0 unspecified atom stereocenters. The first kappa shape index (κ1) is 24.8. The molecule has 0 aromatic rings. The predicted octanol–water partition coefficient (Wildman–Crippen LogP) is 6.12. The average molecular weight is 385 g/mol. The van der Waals surface area contributed by atoms with Gasteiger partial charge in [0.05, 0.1) is 12.7 Å². The smallest absolute Gasteiger partial charge is 0.339 e. The SMILES string of the molecule is CCCCCCCCCCCCC(=CS)C(=O)OC(C)=C(C)C(=O)OC. The third kappa shape index (κ3) is 11.4. The minimum absolute atomic E-state index is 0.262. The lowest BCUT2D eigenvalue weighted by Gasteiger charge is -2.10. The number of rotatable bonds is 14. The Morgan fingerprint density at radius 3 is 1.81 bits per heavy atom. The molecule has 0 amide bonds. The zero-order valence-electron chi connectivity index (χ0n) is 16.9. The Morgan fingerprint density at radius 1 is 0.846 bits per heavy atom. The standard InChI is InChI=1S/C21H36O4S/c1-5-6-7-8-9-10-11-12-13-14-15-19(16-26)21(23)25-18(3)17(2)20(22)24-4/h16,26H,5-15H2,1-4H3. The molecule has 4 nitrogen and oxygen atoms in total. The second kappa shape index (κ2) is 16.0. The van der Waals surface area contributed by atoms with E-state index in [9.17, 15) is 9.59 Å². The van der Waals surface area contributed by atoms with Gasteiger partial charge in [-0.25, -0.2) is 9.59 Å². The van der Waals surface area contributed by atoms with Crippen molar-refractivity contribution in [3.63, 3.8) is 0 Å². The van der Waals surface area contributed by atoms with E-state index in [4.69, 9.17) is 4.74 Å². The van der Waals surface area contributed by atoms with E-state index >= 15 is 0 Å². The molecule has 0 aliphatic rings. The Hall–Kier alpha value is -1.23. The number of hydrogen-bond acceptors (Lipinski definition) is 5. The van der Waals surface area contributed by atoms with Crippen molar-refractivity contribution < 1.29 is 19.1 Å². The van der Waals surface area contributed by atoms with E-state index in [1.807, 2.05) is 0 Å². The van der Waals surface area contributed by atoms with Crippen LogP contribution in [0.2, 0.25) is 0 Å². The van der Waals surface area contributed by atoms with Gasteiger partial charge in [0.2, 0.25) is 0 Å². The Balaban J connectivity index is 4.02. The van der Waals surface area contributed by atoms with Gasteiger partial charge in [-0.05, 0) is 32.1 Å². The molecule has 0 spiro atoms. The van der Waals surface area contributed by atoms with Gasteiger partial charge in [-0.1, -0.05) is 64.7 Å². The molecule has 0 aromatic heterocycles. The Bertz CT molecular complexity index is 480. The summed E-state index contributed by atoms with van der Waals surface area (Å²) in [5.74, 6) is -0.685. The maximum atomic E-state index is 12.2. The number of esters is 2. The first-order chi connectivity index (χ1) is 12.5. The van der Waals surface area contributed by atoms with Crippen LogP contribution in [0.5, 0.6) is 0 Å². The van der Waals surface area contributed by atoms with Crippen molar-refractivity contribution in [2.45, 2.75) is 91.4 Å². The molecule has 5 heteroatoms. The lowest BCUT2D eigenvalue weighted by Crippen LogP contribution is -2.11. The summed E-state index contributed by atoms with van der Waals surface area (Å²) in [7, 11) is 1.30. The van der Waals surface area contributed by atoms with Crippen molar-refractivity contribution >= 4 is 24.6 Å². The van der Waals surface area contributed by atoms with Gasteiger partial charge in [0.15, 0.2) is 0 Å². The third-order valence-electron chi connectivity index (χ3n) is 4.48. The molecule has 0 aromatic carbocycles. The molecular weight excluding hydrogens is 348 g/mol. The number of allylic oxidation sites excluding steroid dienone is 1. The lowest BCUT2D eigenvalue weighted by atomic mass is 10.0. The van der Waals surface area contributed by atoms with Gasteiger partial charge in [-0.15, -0.1) is 0 Å². The molecule has 0 rings (SSSR count). The van der Waals surface area contributed by atoms with Gasteiger partial charge in [0, 0.05) is 5.57 Å². The summed E-state index contributed by atoms with van der Waals surface area (Å²) < 4.78 is 9.88. The zero-order chi connectivity index (χ0) is 19.8. The van der Waals surface area contributed by atoms with Crippen molar-refractivity contribution in [3.05, 3.63) is 22.3 Å². The fraction of sp³-hybridized carbons (Fsp3) is 0.714. The van der Waals surface area contributed by atoms with Crippen LogP contribution in [0.15, 0.2) is 22.3 Å². The highest BCUT2D eigenvalue weighted by Crippen LogP contribution is 2.17. The molecule has 0 aliphatic carbocycles. The van der Waals surface area contributed by atoms with E-state index in [0.717, 1.165) is 12.8 Å². The maximum absolute atomic E-state index is 12.2. The summed E-state index contributed by atoms with van der Waals surface area (Å²) in [5, 5.41) is 1.50. The fourth-order valence-corrected chi connectivity index (χ4v) is 2.83. The van der Waals surface area contributed by atoms with Crippen LogP contribution in [-0.4, -0.2) is 19.0 Å². The molecular formula is C21H36O4S. The Kier molecular flexibility index (Phi) is 15.2. The van der Waals surface area contributed by atoms with Crippen LogP contribution in [-0.2, 0) is 19.1 Å². The highest BCUT2D eigenvalue weighted by molar-refractivity contribution is 7.83. The third-order valence-corrected chi connectivity index (χ3v) is 4.79. The van der Waals surface area contributed by atoms with Crippen molar-refractivity contribution in [1.82, 2.24) is 0 Å².